The molecule has 1 amide bonds. The molecule has 0 radical (unpaired) electrons. The molecule has 148 valence electrons. The van der Waals surface area contributed by atoms with Gasteiger partial charge in [0.15, 0.2) is 0 Å². The van der Waals surface area contributed by atoms with Crippen molar-refractivity contribution >= 4 is 11.8 Å². The first-order valence-corrected chi connectivity index (χ1v) is 10.1. The topological polar surface area (TPSA) is 42.0 Å². The fraction of sp³-hybridized carbons (Fsp3) is 0.435. The van der Waals surface area contributed by atoms with Crippen molar-refractivity contribution in [1.82, 2.24) is 4.90 Å². The van der Waals surface area contributed by atoms with Crippen LogP contribution in [0.3, 0.4) is 0 Å². The Kier molecular flexibility index (Phi) is 5.81. The van der Waals surface area contributed by atoms with E-state index in [0.717, 1.165) is 51.1 Å². The summed E-state index contributed by atoms with van der Waals surface area (Å²) in [6, 6.07) is 16.6. The molecule has 5 nitrogen and oxygen atoms in total. The van der Waals surface area contributed by atoms with E-state index in [1.807, 2.05) is 37.4 Å². The Labute approximate surface area is 166 Å². The van der Waals surface area contributed by atoms with Crippen LogP contribution in [-0.4, -0.2) is 44.3 Å². The van der Waals surface area contributed by atoms with Crippen LogP contribution < -0.4 is 4.90 Å². The van der Waals surface area contributed by atoms with Crippen molar-refractivity contribution in [2.24, 2.45) is 0 Å². The molecule has 0 spiro atoms. The normalized spacial score (nSPS) is 19.0. The van der Waals surface area contributed by atoms with Crippen LogP contribution >= 0.6 is 0 Å². The van der Waals surface area contributed by atoms with E-state index in [-0.39, 0.29) is 12.1 Å². The Morgan fingerprint density at radius 3 is 2.75 bits per heavy atom. The van der Waals surface area contributed by atoms with Crippen LogP contribution in [0.25, 0.3) is 0 Å². The van der Waals surface area contributed by atoms with Crippen LogP contribution in [0.4, 0.5) is 10.5 Å². The molecule has 1 fully saturated rings. The summed E-state index contributed by atoms with van der Waals surface area (Å²) in [4.78, 5) is 16.8. The third kappa shape index (κ3) is 4.14. The van der Waals surface area contributed by atoms with Crippen molar-refractivity contribution in [3.63, 3.8) is 0 Å². The number of amides is 1. The van der Waals surface area contributed by atoms with Gasteiger partial charge in [0, 0.05) is 25.8 Å². The molecule has 28 heavy (non-hydrogen) atoms. The fourth-order valence-electron chi connectivity index (χ4n) is 4.14. The van der Waals surface area contributed by atoms with Gasteiger partial charge >= 0.3 is 6.09 Å². The van der Waals surface area contributed by atoms with Crippen molar-refractivity contribution in [2.45, 2.75) is 31.9 Å². The third-order valence-corrected chi connectivity index (χ3v) is 5.75. The van der Waals surface area contributed by atoms with Crippen molar-refractivity contribution in [3.05, 3.63) is 65.2 Å². The smallest absolute Gasteiger partial charge is 0.410 e. The summed E-state index contributed by atoms with van der Waals surface area (Å²) in [5.41, 5.74) is 4.87. The van der Waals surface area contributed by atoms with Gasteiger partial charge in [0.05, 0.1) is 19.3 Å². The molecule has 1 unspecified atom stereocenters. The summed E-state index contributed by atoms with van der Waals surface area (Å²) in [7, 11) is 1.85. The molecule has 0 aromatic heterocycles. The lowest BCUT2D eigenvalue weighted by molar-refractivity contribution is 0.0876. The number of morpholine rings is 1. The lowest BCUT2D eigenvalue weighted by atomic mass is 9.86. The second-order valence-corrected chi connectivity index (χ2v) is 7.54. The number of carbonyl (C=O) groups is 1. The van der Waals surface area contributed by atoms with Gasteiger partial charge in [-0.1, -0.05) is 36.4 Å². The van der Waals surface area contributed by atoms with Gasteiger partial charge in [-0.25, -0.2) is 4.79 Å². The molecule has 4 rings (SSSR count). The summed E-state index contributed by atoms with van der Waals surface area (Å²) >= 11 is 0. The quantitative estimate of drug-likeness (QED) is 0.798. The van der Waals surface area contributed by atoms with Crippen molar-refractivity contribution in [3.8, 4) is 0 Å². The number of fused-ring (bicyclic) bond motifs is 1. The van der Waals surface area contributed by atoms with Gasteiger partial charge in [0.1, 0.15) is 6.61 Å². The second kappa shape index (κ2) is 8.65. The van der Waals surface area contributed by atoms with E-state index in [0.29, 0.717) is 6.61 Å². The largest absolute Gasteiger partial charge is 0.445 e. The molecule has 2 aromatic carbocycles. The molecule has 1 atom stereocenters. The number of anilines is 1. The maximum atomic E-state index is 12.6. The Morgan fingerprint density at radius 1 is 1.18 bits per heavy atom. The summed E-state index contributed by atoms with van der Waals surface area (Å²) < 4.78 is 11.0. The zero-order chi connectivity index (χ0) is 19.3. The van der Waals surface area contributed by atoms with Crippen LogP contribution in [0.5, 0.6) is 0 Å². The minimum Gasteiger partial charge on any atom is -0.445 e. The number of benzene rings is 2. The first kappa shape index (κ1) is 18.8. The molecule has 2 aromatic rings. The fourth-order valence-corrected chi connectivity index (χ4v) is 4.14. The van der Waals surface area contributed by atoms with Crippen molar-refractivity contribution < 1.29 is 14.3 Å². The third-order valence-electron chi connectivity index (χ3n) is 5.75. The van der Waals surface area contributed by atoms with E-state index < -0.39 is 0 Å². The monoisotopic (exact) mass is 380 g/mol. The average Bonchev–Trinajstić information content (AvgIpc) is 2.77. The number of aryl methyl sites for hydroxylation is 1. The maximum Gasteiger partial charge on any atom is 0.410 e. The minimum atomic E-state index is -0.265. The number of ether oxygens (including phenoxy) is 2. The number of hydrogen-bond donors (Lipinski definition) is 0. The number of rotatable bonds is 4. The first-order chi connectivity index (χ1) is 13.7. The molecule has 0 bridgehead atoms. The Balaban J connectivity index is 1.45. The molecular weight excluding hydrogens is 352 g/mol. The molecule has 1 heterocycles. The molecule has 2 aliphatic rings. The van der Waals surface area contributed by atoms with Crippen LogP contribution in [0.2, 0.25) is 0 Å². The van der Waals surface area contributed by atoms with Gasteiger partial charge in [-0.15, -0.1) is 0 Å². The van der Waals surface area contributed by atoms with Crippen LogP contribution in [0.15, 0.2) is 48.5 Å². The highest BCUT2D eigenvalue weighted by Gasteiger charge is 2.28. The zero-order valence-electron chi connectivity index (χ0n) is 16.5. The maximum absolute atomic E-state index is 12.6. The Hall–Kier alpha value is -2.53. The Morgan fingerprint density at radius 2 is 1.96 bits per heavy atom. The summed E-state index contributed by atoms with van der Waals surface area (Å²) in [5, 5.41) is 0. The van der Waals surface area contributed by atoms with E-state index in [4.69, 9.17) is 9.47 Å². The van der Waals surface area contributed by atoms with E-state index in [1.165, 1.54) is 16.8 Å². The zero-order valence-corrected chi connectivity index (χ0v) is 16.5. The van der Waals surface area contributed by atoms with Crippen LogP contribution in [-0.2, 0) is 22.5 Å². The van der Waals surface area contributed by atoms with Gasteiger partial charge in [-0.2, -0.15) is 0 Å². The lowest BCUT2D eigenvalue weighted by Gasteiger charge is -2.34. The molecule has 1 saturated heterocycles. The summed E-state index contributed by atoms with van der Waals surface area (Å²) in [6.45, 7) is 3.76. The van der Waals surface area contributed by atoms with Crippen LogP contribution in [0, 0.1) is 0 Å². The highest BCUT2D eigenvalue weighted by atomic mass is 16.6. The summed E-state index contributed by atoms with van der Waals surface area (Å²) in [5.74, 6) is 0. The van der Waals surface area contributed by atoms with E-state index in [9.17, 15) is 4.79 Å². The van der Waals surface area contributed by atoms with Crippen LogP contribution in [0.1, 0.15) is 35.6 Å². The molecule has 1 aliphatic carbocycles. The van der Waals surface area contributed by atoms with Gasteiger partial charge in [-0.05, 0) is 48.1 Å². The average molecular weight is 380 g/mol. The minimum absolute atomic E-state index is 0.0748. The van der Waals surface area contributed by atoms with E-state index in [1.54, 1.807) is 4.90 Å². The Bertz CT molecular complexity index is 803. The standard InChI is InChI=1S/C23H28N2O3/c1-24(23(26)28-17-18-6-3-2-4-7-18)22-9-5-8-19-16-20(10-11-21(19)22)25-12-14-27-15-13-25/h2-4,6-7,10-11,16,22H,5,8-9,12-15,17H2,1H3. The second-order valence-electron chi connectivity index (χ2n) is 7.54. The van der Waals surface area contributed by atoms with E-state index in [2.05, 4.69) is 23.1 Å². The SMILES string of the molecule is CN(C(=O)OCc1ccccc1)C1CCCc2cc(N3CCOCC3)ccc21. The highest BCUT2D eigenvalue weighted by molar-refractivity contribution is 5.68. The van der Waals surface area contributed by atoms with Gasteiger partial charge in [0.25, 0.3) is 0 Å². The highest BCUT2D eigenvalue weighted by Crippen LogP contribution is 2.36. The molecule has 5 heteroatoms. The molecule has 0 N–H and O–H groups in total. The summed E-state index contributed by atoms with van der Waals surface area (Å²) in [6.07, 6.45) is 2.86. The number of nitrogens with zero attached hydrogens (tertiary/aromatic N) is 2. The van der Waals surface area contributed by atoms with Gasteiger partial charge in [-0.3, -0.25) is 0 Å². The number of hydrogen-bond acceptors (Lipinski definition) is 4. The van der Waals surface area contributed by atoms with Gasteiger partial charge < -0.3 is 19.3 Å². The van der Waals surface area contributed by atoms with Crippen molar-refractivity contribution in [2.75, 3.05) is 38.3 Å². The predicted octanol–water partition coefficient (Wildman–Crippen LogP) is 4.17. The molecule has 1 aliphatic heterocycles. The first-order valence-electron chi connectivity index (χ1n) is 10.1. The van der Waals surface area contributed by atoms with Gasteiger partial charge in [0.2, 0.25) is 0 Å². The van der Waals surface area contributed by atoms with Crippen molar-refractivity contribution in [1.29, 1.82) is 0 Å². The molecule has 0 saturated carbocycles. The predicted molar refractivity (Wildman–Crippen MR) is 110 cm³/mol. The molecular formula is C23H28N2O3. The number of carbonyl (C=O) groups excluding carboxylic acids is 1. The van der Waals surface area contributed by atoms with E-state index >= 15 is 0 Å². The lowest BCUT2D eigenvalue weighted by Crippen LogP contribution is -2.36.